The fourth-order valence-corrected chi connectivity index (χ4v) is 4.05. The fourth-order valence-electron chi connectivity index (χ4n) is 4.05. The molecule has 1 saturated heterocycles. The van der Waals surface area contributed by atoms with Gasteiger partial charge in [0.1, 0.15) is 5.82 Å². The van der Waals surface area contributed by atoms with Crippen LogP contribution in [-0.2, 0) is 7.05 Å². The molecule has 0 bridgehead atoms. The average molecular weight is 436 g/mol. The quantitative estimate of drug-likeness (QED) is 0.628. The van der Waals surface area contributed by atoms with Gasteiger partial charge in [0.2, 0.25) is 11.5 Å². The van der Waals surface area contributed by atoms with Gasteiger partial charge in [0.15, 0.2) is 0 Å². The lowest BCUT2D eigenvalue weighted by molar-refractivity contribution is 0.0606. The molecule has 1 aliphatic rings. The van der Waals surface area contributed by atoms with Crippen molar-refractivity contribution in [1.82, 2.24) is 19.4 Å². The first-order valence-corrected chi connectivity index (χ1v) is 10.6. The van der Waals surface area contributed by atoms with Gasteiger partial charge >= 0.3 is 0 Å². The Morgan fingerprint density at radius 3 is 2.56 bits per heavy atom. The molecule has 32 heavy (non-hydrogen) atoms. The van der Waals surface area contributed by atoms with Crippen LogP contribution in [0.3, 0.4) is 0 Å². The molecule has 3 heterocycles. The molecule has 2 aromatic heterocycles. The molecule has 0 radical (unpaired) electrons. The Kier molecular flexibility index (Phi) is 6.03. The van der Waals surface area contributed by atoms with Crippen LogP contribution in [0.5, 0.6) is 0 Å². The molecular formula is C24H26FN5O2. The van der Waals surface area contributed by atoms with Crippen molar-refractivity contribution in [3.63, 3.8) is 0 Å². The molecule has 1 amide bonds. The summed E-state index contributed by atoms with van der Waals surface area (Å²) in [4.78, 5) is 38.2. The van der Waals surface area contributed by atoms with Crippen LogP contribution in [0.15, 0.2) is 53.6 Å². The number of halogens is 1. The second-order valence-electron chi connectivity index (χ2n) is 8.25. The summed E-state index contributed by atoms with van der Waals surface area (Å²) in [6.45, 7) is 0.594. The average Bonchev–Trinajstić information content (AvgIpc) is 2.80. The van der Waals surface area contributed by atoms with E-state index < -0.39 is 0 Å². The van der Waals surface area contributed by atoms with E-state index >= 15 is 0 Å². The number of hydrogen-bond donors (Lipinski definition) is 0. The number of aryl methyl sites for hydroxylation is 1. The van der Waals surface area contributed by atoms with Gasteiger partial charge in [-0.3, -0.25) is 9.59 Å². The molecule has 0 N–H and O–H groups in total. The number of carbonyl (C=O) groups excluding carboxylic acids is 1. The van der Waals surface area contributed by atoms with Crippen molar-refractivity contribution >= 4 is 11.9 Å². The lowest BCUT2D eigenvalue weighted by Crippen LogP contribution is -2.39. The van der Waals surface area contributed by atoms with E-state index in [1.54, 1.807) is 37.6 Å². The van der Waals surface area contributed by atoms with Crippen molar-refractivity contribution in [2.75, 3.05) is 25.5 Å². The predicted octanol–water partition coefficient (Wildman–Crippen LogP) is 3.41. The minimum Gasteiger partial charge on any atom is -0.347 e. The van der Waals surface area contributed by atoms with E-state index in [9.17, 15) is 14.0 Å². The van der Waals surface area contributed by atoms with Crippen molar-refractivity contribution in [1.29, 1.82) is 0 Å². The number of likely N-dealkylation sites (tertiary alicyclic amines) is 1. The van der Waals surface area contributed by atoms with Gasteiger partial charge in [0, 0.05) is 51.7 Å². The summed E-state index contributed by atoms with van der Waals surface area (Å²) in [6, 6.07) is 8.95. The van der Waals surface area contributed by atoms with Gasteiger partial charge < -0.3 is 14.4 Å². The molecule has 166 valence electrons. The standard InChI is InChI=1S/C24H26FN5O2/c1-28(2)24-26-14-19(16-7-10-18(25)11-8-16)22(27-24)20-6-4-5-13-30(20)23(32)17-9-12-21(31)29(3)15-17/h7-12,14-15,20H,4-6,13H2,1-3H3. The summed E-state index contributed by atoms with van der Waals surface area (Å²) < 4.78 is 14.9. The Morgan fingerprint density at radius 2 is 1.88 bits per heavy atom. The highest BCUT2D eigenvalue weighted by Crippen LogP contribution is 2.37. The molecule has 1 aliphatic heterocycles. The summed E-state index contributed by atoms with van der Waals surface area (Å²) in [6.07, 6.45) is 5.93. The van der Waals surface area contributed by atoms with E-state index in [4.69, 9.17) is 4.98 Å². The van der Waals surface area contributed by atoms with Crippen LogP contribution in [-0.4, -0.2) is 46.0 Å². The zero-order chi connectivity index (χ0) is 22.8. The van der Waals surface area contributed by atoms with E-state index in [1.165, 1.54) is 22.8 Å². The number of rotatable bonds is 4. The van der Waals surface area contributed by atoms with E-state index in [0.29, 0.717) is 18.1 Å². The van der Waals surface area contributed by atoms with Crippen LogP contribution in [0.25, 0.3) is 11.1 Å². The second-order valence-corrected chi connectivity index (χ2v) is 8.25. The summed E-state index contributed by atoms with van der Waals surface area (Å²) in [5, 5.41) is 0. The van der Waals surface area contributed by atoms with Crippen LogP contribution in [0, 0.1) is 5.82 Å². The molecule has 1 fully saturated rings. The van der Waals surface area contributed by atoms with Crippen LogP contribution < -0.4 is 10.5 Å². The molecule has 1 unspecified atom stereocenters. The molecule has 0 spiro atoms. The maximum atomic E-state index is 13.5. The largest absolute Gasteiger partial charge is 0.347 e. The van der Waals surface area contributed by atoms with Crippen molar-refractivity contribution in [2.24, 2.45) is 7.05 Å². The van der Waals surface area contributed by atoms with Crippen molar-refractivity contribution in [3.05, 3.63) is 76.2 Å². The number of aromatic nitrogens is 3. The Morgan fingerprint density at radius 1 is 1.12 bits per heavy atom. The molecule has 0 saturated carbocycles. The van der Waals surface area contributed by atoms with Gasteiger partial charge in [0.25, 0.3) is 5.91 Å². The smallest absolute Gasteiger partial charge is 0.255 e. The summed E-state index contributed by atoms with van der Waals surface area (Å²) in [5.74, 6) is 0.0941. The van der Waals surface area contributed by atoms with Gasteiger partial charge in [-0.1, -0.05) is 12.1 Å². The van der Waals surface area contributed by atoms with Gasteiger partial charge in [-0.25, -0.2) is 14.4 Å². The molecule has 1 atom stereocenters. The number of piperidine rings is 1. The fraction of sp³-hybridized carbons (Fsp3) is 0.333. The van der Waals surface area contributed by atoms with E-state index in [2.05, 4.69) is 4.98 Å². The maximum absolute atomic E-state index is 13.5. The second kappa shape index (κ2) is 8.90. The predicted molar refractivity (Wildman–Crippen MR) is 121 cm³/mol. The van der Waals surface area contributed by atoms with Crippen LogP contribution in [0.4, 0.5) is 10.3 Å². The highest BCUT2D eigenvalue weighted by Gasteiger charge is 2.32. The number of pyridine rings is 1. The normalized spacial score (nSPS) is 16.1. The van der Waals surface area contributed by atoms with Crippen molar-refractivity contribution in [2.45, 2.75) is 25.3 Å². The summed E-state index contributed by atoms with van der Waals surface area (Å²) in [7, 11) is 5.36. The molecule has 0 aliphatic carbocycles. The zero-order valence-electron chi connectivity index (χ0n) is 18.5. The summed E-state index contributed by atoms with van der Waals surface area (Å²) >= 11 is 0. The minimum absolute atomic E-state index is 0.139. The number of hydrogen-bond acceptors (Lipinski definition) is 5. The molecule has 3 aromatic rings. The number of amides is 1. The molecule has 8 heteroatoms. The number of carbonyl (C=O) groups is 1. The lowest BCUT2D eigenvalue weighted by Gasteiger charge is -2.36. The maximum Gasteiger partial charge on any atom is 0.255 e. The first-order valence-electron chi connectivity index (χ1n) is 10.6. The monoisotopic (exact) mass is 435 g/mol. The third-order valence-corrected chi connectivity index (χ3v) is 5.77. The topological polar surface area (TPSA) is 71.3 Å². The minimum atomic E-state index is -0.315. The molecule has 7 nitrogen and oxygen atoms in total. The van der Waals surface area contributed by atoms with Crippen LogP contribution in [0.2, 0.25) is 0 Å². The third-order valence-electron chi connectivity index (χ3n) is 5.77. The van der Waals surface area contributed by atoms with Gasteiger partial charge in [0.05, 0.1) is 17.3 Å². The lowest BCUT2D eigenvalue weighted by atomic mass is 9.93. The third kappa shape index (κ3) is 4.26. The number of anilines is 1. The number of nitrogens with zero attached hydrogens (tertiary/aromatic N) is 5. The van der Waals surface area contributed by atoms with E-state index in [0.717, 1.165) is 36.1 Å². The summed E-state index contributed by atoms with van der Waals surface area (Å²) in [5.41, 5.74) is 2.62. The zero-order valence-corrected chi connectivity index (χ0v) is 18.5. The number of benzene rings is 1. The first kappa shape index (κ1) is 21.7. The van der Waals surface area contributed by atoms with Crippen molar-refractivity contribution < 1.29 is 9.18 Å². The Labute approximate surface area is 186 Å². The Bertz CT molecular complexity index is 1190. The van der Waals surface area contributed by atoms with Gasteiger partial charge in [-0.2, -0.15) is 0 Å². The van der Waals surface area contributed by atoms with Crippen LogP contribution >= 0.6 is 0 Å². The van der Waals surface area contributed by atoms with E-state index in [-0.39, 0.29) is 23.3 Å². The molecule has 4 rings (SSSR count). The van der Waals surface area contributed by atoms with Gasteiger partial charge in [-0.05, 0) is 43.0 Å². The molecule has 1 aromatic carbocycles. The SMILES string of the molecule is CN(C)c1ncc(-c2ccc(F)cc2)c(C2CCCCN2C(=O)c2ccc(=O)n(C)c2)n1. The van der Waals surface area contributed by atoms with Crippen molar-refractivity contribution in [3.8, 4) is 11.1 Å². The first-order chi connectivity index (χ1) is 15.3. The highest BCUT2D eigenvalue weighted by atomic mass is 19.1. The van der Waals surface area contributed by atoms with E-state index in [1.807, 2.05) is 23.9 Å². The highest BCUT2D eigenvalue weighted by molar-refractivity contribution is 5.94. The van der Waals surface area contributed by atoms with Gasteiger partial charge in [-0.15, -0.1) is 0 Å². The van der Waals surface area contributed by atoms with Crippen LogP contribution in [0.1, 0.15) is 41.4 Å². The Balaban J connectivity index is 1.80. The molecular weight excluding hydrogens is 409 g/mol. The Hall–Kier alpha value is -3.55.